The van der Waals surface area contributed by atoms with Crippen LogP contribution in [0.4, 0.5) is 0 Å². The molecule has 0 saturated heterocycles. The van der Waals surface area contributed by atoms with Crippen LogP contribution in [-0.2, 0) is 6.61 Å². The van der Waals surface area contributed by atoms with Gasteiger partial charge >= 0.3 is 0 Å². The van der Waals surface area contributed by atoms with Crippen LogP contribution in [0.3, 0.4) is 0 Å². The Morgan fingerprint density at radius 1 is 1.09 bits per heavy atom. The van der Waals surface area contributed by atoms with Crippen LogP contribution in [0.2, 0.25) is 0 Å². The Bertz CT molecular complexity index is 853. The molecule has 0 spiro atoms. The van der Waals surface area contributed by atoms with Gasteiger partial charge in [0.2, 0.25) is 0 Å². The van der Waals surface area contributed by atoms with Crippen molar-refractivity contribution >= 4 is 16.7 Å². The number of methoxy groups -OCH3 is 1. The molecule has 3 aromatic rings. The third-order valence-electron chi connectivity index (χ3n) is 3.67. The standard InChI is InChI=1S/C19H17NO3/c1-13(21)15-8-9-17(18(11-15)22-2)23-12-16-6-3-5-14-7-4-10-20-19(14)16/h3-11H,12H2,1-2H3. The molecule has 0 unspecified atom stereocenters. The highest BCUT2D eigenvalue weighted by Gasteiger charge is 2.09. The van der Waals surface area contributed by atoms with Gasteiger partial charge in [0.05, 0.1) is 12.6 Å². The van der Waals surface area contributed by atoms with E-state index in [4.69, 9.17) is 9.47 Å². The number of para-hydroxylation sites is 1. The first-order valence-electron chi connectivity index (χ1n) is 7.33. The summed E-state index contributed by atoms with van der Waals surface area (Å²) in [6, 6.07) is 15.1. The molecular formula is C19H17NO3. The summed E-state index contributed by atoms with van der Waals surface area (Å²) >= 11 is 0. The van der Waals surface area contributed by atoms with Gasteiger partial charge in [0.15, 0.2) is 17.3 Å². The summed E-state index contributed by atoms with van der Waals surface area (Å²) < 4.78 is 11.2. The molecule has 0 saturated carbocycles. The first kappa shape index (κ1) is 15.0. The molecule has 0 radical (unpaired) electrons. The smallest absolute Gasteiger partial charge is 0.161 e. The van der Waals surface area contributed by atoms with Crippen molar-refractivity contribution in [3.05, 3.63) is 65.9 Å². The highest BCUT2D eigenvalue weighted by molar-refractivity contribution is 5.94. The van der Waals surface area contributed by atoms with E-state index >= 15 is 0 Å². The summed E-state index contributed by atoms with van der Waals surface area (Å²) in [5, 5.41) is 1.08. The lowest BCUT2D eigenvalue weighted by atomic mass is 10.1. The lowest BCUT2D eigenvalue weighted by molar-refractivity contribution is 0.101. The fraction of sp³-hybridized carbons (Fsp3) is 0.158. The molecule has 1 heterocycles. The molecule has 0 N–H and O–H groups in total. The average molecular weight is 307 g/mol. The Labute approximate surface area is 134 Å². The molecule has 0 aliphatic rings. The Balaban J connectivity index is 1.86. The monoisotopic (exact) mass is 307 g/mol. The van der Waals surface area contributed by atoms with Gasteiger partial charge < -0.3 is 9.47 Å². The first-order valence-corrected chi connectivity index (χ1v) is 7.33. The highest BCUT2D eigenvalue weighted by Crippen LogP contribution is 2.29. The predicted molar refractivity (Wildman–Crippen MR) is 89.1 cm³/mol. The van der Waals surface area contributed by atoms with Gasteiger partial charge in [0, 0.05) is 22.7 Å². The van der Waals surface area contributed by atoms with Crippen LogP contribution in [-0.4, -0.2) is 17.9 Å². The zero-order valence-corrected chi connectivity index (χ0v) is 13.1. The van der Waals surface area contributed by atoms with E-state index in [2.05, 4.69) is 4.98 Å². The molecule has 0 aliphatic carbocycles. The van der Waals surface area contributed by atoms with Crippen molar-refractivity contribution in [3.63, 3.8) is 0 Å². The normalized spacial score (nSPS) is 10.5. The van der Waals surface area contributed by atoms with E-state index in [9.17, 15) is 4.79 Å². The summed E-state index contributed by atoms with van der Waals surface area (Å²) in [5.41, 5.74) is 2.52. The van der Waals surface area contributed by atoms with E-state index < -0.39 is 0 Å². The lowest BCUT2D eigenvalue weighted by Crippen LogP contribution is -2.01. The highest BCUT2D eigenvalue weighted by atomic mass is 16.5. The number of rotatable bonds is 5. The van der Waals surface area contributed by atoms with E-state index in [-0.39, 0.29) is 5.78 Å². The van der Waals surface area contributed by atoms with Crippen LogP contribution in [0.5, 0.6) is 11.5 Å². The number of carbonyl (C=O) groups excluding carboxylic acids is 1. The van der Waals surface area contributed by atoms with Crippen LogP contribution >= 0.6 is 0 Å². The first-order chi connectivity index (χ1) is 11.2. The Kier molecular flexibility index (Phi) is 4.24. The lowest BCUT2D eigenvalue weighted by Gasteiger charge is -2.12. The summed E-state index contributed by atoms with van der Waals surface area (Å²) in [7, 11) is 1.56. The number of pyridine rings is 1. The maximum absolute atomic E-state index is 11.4. The van der Waals surface area contributed by atoms with E-state index in [1.807, 2.05) is 30.3 Å². The van der Waals surface area contributed by atoms with Gasteiger partial charge in [-0.1, -0.05) is 24.3 Å². The van der Waals surface area contributed by atoms with E-state index in [0.717, 1.165) is 16.5 Å². The average Bonchev–Trinajstić information content (AvgIpc) is 2.59. The molecule has 0 bridgehead atoms. The second kappa shape index (κ2) is 6.48. The van der Waals surface area contributed by atoms with Gasteiger partial charge in [-0.2, -0.15) is 0 Å². The van der Waals surface area contributed by atoms with Crippen molar-refractivity contribution in [2.24, 2.45) is 0 Å². The van der Waals surface area contributed by atoms with Crippen LogP contribution in [0, 0.1) is 0 Å². The number of carbonyl (C=O) groups is 1. The van der Waals surface area contributed by atoms with E-state index in [0.29, 0.717) is 23.7 Å². The number of hydrogen-bond donors (Lipinski definition) is 0. The van der Waals surface area contributed by atoms with Crippen LogP contribution in [0.1, 0.15) is 22.8 Å². The molecule has 4 nitrogen and oxygen atoms in total. The Morgan fingerprint density at radius 2 is 1.91 bits per heavy atom. The van der Waals surface area contributed by atoms with Gasteiger partial charge in [0.25, 0.3) is 0 Å². The fourth-order valence-corrected chi connectivity index (χ4v) is 2.45. The molecule has 4 heteroatoms. The largest absolute Gasteiger partial charge is 0.493 e. The Morgan fingerprint density at radius 3 is 2.70 bits per heavy atom. The van der Waals surface area contributed by atoms with Crippen LogP contribution in [0.15, 0.2) is 54.7 Å². The third-order valence-corrected chi connectivity index (χ3v) is 3.67. The minimum atomic E-state index is -0.00639. The molecule has 3 rings (SSSR count). The van der Waals surface area contributed by atoms with Crippen molar-refractivity contribution in [1.82, 2.24) is 4.98 Å². The molecule has 0 aliphatic heterocycles. The van der Waals surface area contributed by atoms with Gasteiger partial charge in [-0.05, 0) is 31.2 Å². The molecule has 23 heavy (non-hydrogen) atoms. The van der Waals surface area contributed by atoms with Gasteiger partial charge in [0.1, 0.15) is 6.61 Å². The quantitative estimate of drug-likeness (QED) is 0.668. The van der Waals surface area contributed by atoms with Crippen molar-refractivity contribution in [1.29, 1.82) is 0 Å². The van der Waals surface area contributed by atoms with E-state index in [1.54, 1.807) is 31.5 Å². The second-order valence-corrected chi connectivity index (χ2v) is 5.20. The summed E-state index contributed by atoms with van der Waals surface area (Å²) in [6.45, 7) is 1.90. The van der Waals surface area contributed by atoms with E-state index in [1.165, 1.54) is 6.92 Å². The predicted octanol–water partition coefficient (Wildman–Crippen LogP) is 4.03. The second-order valence-electron chi connectivity index (χ2n) is 5.20. The van der Waals surface area contributed by atoms with Crippen molar-refractivity contribution in [3.8, 4) is 11.5 Å². The number of benzene rings is 2. The number of ketones is 1. The number of nitrogens with zero attached hydrogens (tertiary/aromatic N) is 1. The van der Waals surface area contributed by atoms with Crippen LogP contribution in [0.25, 0.3) is 10.9 Å². The van der Waals surface area contributed by atoms with Crippen molar-refractivity contribution in [2.45, 2.75) is 13.5 Å². The maximum atomic E-state index is 11.4. The molecule has 1 aromatic heterocycles. The van der Waals surface area contributed by atoms with Crippen LogP contribution < -0.4 is 9.47 Å². The fourth-order valence-electron chi connectivity index (χ4n) is 2.45. The SMILES string of the molecule is COc1cc(C(C)=O)ccc1OCc1cccc2cccnc12. The minimum Gasteiger partial charge on any atom is -0.493 e. The molecular weight excluding hydrogens is 290 g/mol. The Hall–Kier alpha value is -2.88. The molecule has 2 aromatic carbocycles. The zero-order chi connectivity index (χ0) is 16.2. The number of fused-ring (bicyclic) bond motifs is 1. The number of aromatic nitrogens is 1. The number of ether oxygens (including phenoxy) is 2. The number of Topliss-reactive ketones (excluding diaryl/α,β-unsaturated/α-hetero) is 1. The molecule has 116 valence electrons. The van der Waals surface area contributed by atoms with Gasteiger partial charge in [-0.25, -0.2) is 0 Å². The number of hydrogen-bond acceptors (Lipinski definition) is 4. The van der Waals surface area contributed by atoms with Gasteiger partial charge in [-0.15, -0.1) is 0 Å². The molecule has 0 atom stereocenters. The van der Waals surface area contributed by atoms with Gasteiger partial charge in [-0.3, -0.25) is 9.78 Å². The topological polar surface area (TPSA) is 48.4 Å². The maximum Gasteiger partial charge on any atom is 0.161 e. The van der Waals surface area contributed by atoms with Crippen molar-refractivity contribution < 1.29 is 14.3 Å². The molecule has 0 fully saturated rings. The summed E-state index contributed by atoms with van der Waals surface area (Å²) in [6.07, 6.45) is 1.77. The third kappa shape index (κ3) is 3.16. The van der Waals surface area contributed by atoms with Crippen molar-refractivity contribution in [2.75, 3.05) is 7.11 Å². The summed E-state index contributed by atoms with van der Waals surface area (Å²) in [4.78, 5) is 15.9. The summed E-state index contributed by atoms with van der Waals surface area (Å²) in [5.74, 6) is 1.14. The zero-order valence-electron chi connectivity index (χ0n) is 13.1. The molecule has 0 amide bonds. The minimum absolute atomic E-state index is 0.00639.